The minimum Gasteiger partial charge on any atom is -0.493 e. The summed E-state index contributed by atoms with van der Waals surface area (Å²) in [6, 6.07) is 12.1. The number of ether oxygens (including phenoxy) is 2. The van der Waals surface area contributed by atoms with Gasteiger partial charge in [0.15, 0.2) is 11.5 Å². The third kappa shape index (κ3) is 4.35. The molecule has 3 rings (SSSR count). The molecule has 0 spiro atoms. The van der Waals surface area contributed by atoms with Crippen LogP contribution in [0.2, 0.25) is 0 Å². The van der Waals surface area contributed by atoms with E-state index in [0.29, 0.717) is 47.9 Å². The summed E-state index contributed by atoms with van der Waals surface area (Å²) in [7, 11) is 3.02. The molecular weight excluding hydrogens is 370 g/mol. The van der Waals surface area contributed by atoms with Gasteiger partial charge >= 0.3 is 0 Å². The predicted molar refractivity (Wildman–Crippen MR) is 112 cm³/mol. The van der Waals surface area contributed by atoms with Gasteiger partial charge < -0.3 is 25.4 Å². The average Bonchev–Trinajstić information content (AvgIpc) is 3.16. The van der Waals surface area contributed by atoms with Crippen LogP contribution in [0.3, 0.4) is 0 Å². The van der Waals surface area contributed by atoms with Crippen LogP contribution in [0.15, 0.2) is 42.5 Å². The lowest BCUT2D eigenvalue weighted by atomic mass is 9.90. The molecule has 1 aliphatic rings. The van der Waals surface area contributed by atoms with Crippen molar-refractivity contribution in [2.45, 2.75) is 13.3 Å². The van der Waals surface area contributed by atoms with Crippen LogP contribution in [0, 0.1) is 5.41 Å². The summed E-state index contributed by atoms with van der Waals surface area (Å²) in [5.74, 6) is 0.376. The van der Waals surface area contributed by atoms with Crippen molar-refractivity contribution < 1.29 is 19.1 Å². The van der Waals surface area contributed by atoms with Gasteiger partial charge in [0, 0.05) is 24.7 Å². The number of likely N-dealkylation sites (tertiary alicyclic amines) is 1. The number of hydrogen-bond acceptors (Lipinski definition) is 5. The van der Waals surface area contributed by atoms with E-state index in [-0.39, 0.29) is 17.2 Å². The molecule has 1 saturated heterocycles. The molecule has 2 amide bonds. The number of anilines is 1. The molecule has 1 aliphatic heterocycles. The second-order valence-corrected chi connectivity index (χ2v) is 7.56. The maximum Gasteiger partial charge on any atom is 0.256 e. The zero-order chi connectivity index (χ0) is 21.0. The summed E-state index contributed by atoms with van der Waals surface area (Å²) in [5, 5.41) is 2.85. The Morgan fingerprint density at radius 3 is 2.38 bits per heavy atom. The van der Waals surface area contributed by atoms with Crippen molar-refractivity contribution in [1.82, 2.24) is 4.90 Å². The first-order valence-corrected chi connectivity index (χ1v) is 9.52. The van der Waals surface area contributed by atoms with Gasteiger partial charge in [-0.1, -0.05) is 25.1 Å². The van der Waals surface area contributed by atoms with Gasteiger partial charge in [0.1, 0.15) is 0 Å². The molecule has 2 aromatic carbocycles. The van der Waals surface area contributed by atoms with Crippen molar-refractivity contribution >= 4 is 17.5 Å². The van der Waals surface area contributed by atoms with E-state index in [4.69, 9.17) is 15.2 Å². The molecule has 29 heavy (non-hydrogen) atoms. The molecule has 0 aromatic heterocycles. The zero-order valence-electron chi connectivity index (χ0n) is 17.0. The number of nitrogens with one attached hydrogen (secondary N) is 1. The lowest BCUT2D eigenvalue weighted by Crippen LogP contribution is -2.35. The SMILES string of the molecule is COc1cc(NC(=O)c2ccccc2)c(C(=O)N2CCC(C)(CN)C2)cc1OC. The highest BCUT2D eigenvalue weighted by atomic mass is 16.5. The first-order chi connectivity index (χ1) is 13.9. The third-order valence-electron chi connectivity index (χ3n) is 5.38. The van der Waals surface area contributed by atoms with E-state index in [1.807, 2.05) is 6.07 Å². The standard InChI is InChI=1S/C22H27N3O4/c1-22(13-23)9-10-25(14-22)21(27)16-11-18(28-2)19(29-3)12-17(16)24-20(26)15-7-5-4-6-8-15/h4-8,11-12H,9-10,13-14,23H2,1-3H3,(H,24,26). The fraction of sp³-hybridized carbons (Fsp3) is 0.364. The molecular formula is C22H27N3O4. The number of hydrogen-bond donors (Lipinski definition) is 2. The van der Waals surface area contributed by atoms with E-state index >= 15 is 0 Å². The van der Waals surface area contributed by atoms with Crippen LogP contribution in [-0.4, -0.2) is 50.6 Å². The normalized spacial score (nSPS) is 18.4. The van der Waals surface area contributed by atoms with Gasteiger partial charge in [-0.15, -0.1) is 0 Å². The quantitative estimate of drug-likeness (QED) is 0.782. The van der Waals surface area contributed by atoms with E-state index in [2.05, 4.69) is 12.2 Å². The monoisotopic (exact) mass is 397 g/mol. The number of nitrogens with two attached hydrogens (primary N) is 1. The molecule has 3 N–H and O–H groups in total. The van der Waals surface area contributed by atoms with Crippen LogP contribution in [0.5, 0.6) is 11.5 Å². The van der Waals surface area contributed by atoms with Gasteiger partial charge in [-0.2, -0.15) is 0 Å². The van der Waals surface area contributed by atoms with Gasteiger partial charge in [0.05, 0.1) is 25.5 Å². The van der Waals surface area contributed by atoms with E-state index in [9.17, 15) is 9.59 Å². The highest BCUT2D eigenvalue weighted by molar-refractivity contribution is 6.09. The summed E-state index contributed by atoms with van der Waals surface area (Å²) < 4.78 is 10.7. The van der Waals surface area contributed by atoms with Crippen molar-refractivity contribution in [3.63, 3.8) is 0 Å². The van der Waals surface area contributed by atoms with Crippen molar-refractivity contribution in [2.24, 2.45) is 11.1 Å². The molecule has 0 saturated carbocycles. The number of benzene rings is 2. The second-order valence-electron chi connectivity index (χ2n) is 7.56. The minimum absolute atomic E-state index is 0.0976. The highest BCUT2D eigenvalue weighted by Crippen LogP contribution is 2.36. The molecule has 2 aromatic rings. The number of methoxy groups -OCH3 is 2. The molecule has 1 unspecified atom stereocenters. The van der Waals surface area contributed by atoms with Crippen molar-refractivity contribution in [1.29, 1.82) is 0 Å². The van der Waals surface area contributed by atoms with Gasteiger partial charge in [0.25, 0.3) is 11.8 Å². The van der Waals surface area contributed by atoms with Crippen molar-refractivity contribution in [3.05, 3.63) is 53.6 Å². The lowest BCUT2D eigenvalue weighted by Gasteiger charge is -2.24. The Balaban J connectivity index is 1.96. The van der Waals surface area contributed by atoms with Crippen LogP contribution in [0.25, 0.3) is 0 Å². The van der Waals surface area contributed by atoms with E-state index in [1.165, 1.54) is 14.2 Å². The molecule has 1 heterocycles. The lowest BCUT2D eigenvalue weighted by molar-refractivity contribution is 0.0777. The molecule has 154 valence electrons. The van der Waals surface area contributed by atoms with Crippen LogP contribution in [0.1, 0.15) is 34.1 Å². The molecule has 0 radical (unpaired) electrons. The maximum absolute atomic E-state index is 13.3. The summed E-state index contributed by atoms with van der Waals surface area (Å²) in [5.41, 5.74) is 7.01. The minimum atomic E-state index is -0.305. The first kappa shape index (κ1) is 20.7. The number of carbonyl (C=O) groups is 2. The largest absolute Gasteiger partial charge is 0.493 e. The van der Waals surface area contributed by atoms with Crippen molar-refractivity contribution in [3.8, 4) is 11.5 Å². The molecule has 1 fully saturated rings. The Kier molecular flexibility index (Phi) is 6.08. The van der Waals surface area contributed by atoms with Gasteiger partial charge in [-0.3, -0.25) is 9.59 Å². The topological polar surface area (TPSA) is 93.9 Å². The van der Waals surface area contributed by atoms with E-state index < -0.39 is 0 Å². The van der Waals surface area contributed by atoms with Crippen molar-refractivity contribution in [2.75, 3.05) is 39.2 Å². The highest BCUT2D eigenvalue weighted by Gasteiger charge is 2.36. The summed E-state index contributed by atoms with van der Waals surface area (Å²) in [6.45, 7) is 3.78. The molecule has 7 heteroatoms. The average molecular weight is 397 g/mol. The summed E-state index contributed by atoms with van der Waals surface area (Å²) in [6.07, 6.45) is 0.842. The fourth-order valence-corrected chi connectivity index (χ4v) is 3.48. The summed E-state index contributed by atoms with van der Waals surface area (Å²) in [4.78, 5) is 27.8. The Morgan fingerprint density at radius 1 is 1.14 bits per heavy atom. The maximum atomic E-state index is 13.3. The first-order valence-electron chi connectivity index (χ1n) is 9.52. The molecule has 0 aliphatic carbocycles. The fourth-order valence-electron chi connectivity index (χ4n) is 3.48. The number of rotatable bonds is 6. The number of carbonyl (C=O) groups excluding carboxylic acids is 2. The Bertz CT molecular complexity index is 900. The molecule has 7 nitrogen and oxygen atoms in total. The Labute approximate surface area is 170 Å². The summed E-state index contributed by atoms with van der Waals surface area (Å²) >= 11 is 0. The Morgan fingerprint density at radius 2 is 1.79 bits per heavy atom. The second kappa shape index (κ2) is 8.53. The van der Waals surface area contributed by atoms with E-state index in [1.54, 1.807) is 41.3 Å². The number of nitrogens with zero attached hydrogens (tertiary/aromatic N) is 1. The predicted octanol–water partition coefficient (Wildman–Crippen LogP) is 2.77. The molecule has 0 bridgehead atoms. The zero-order valence-corrected chi connectivity index (χ0v) is 17.0. The van der Waals surface area contributed by atoms with Gasteiger partial charge in [0.2, 0.25) is 0 Å². The molecule has 1 atom stereocenters. The van der Waals surface area contributed by atoms with Gasteiger partial charge in [-0.25, -0.2) is 0 Å². The van der Waals surface area contributed by atoms with Crippen LogP contribution >= 0.6 is 0 Å². The van der Waals surface area contributed by atoms with Crippen LogP contribution in [0.4, 0.5) is 5.69 Å². The Hall–Kier alpha value is -3.06. The smallest absolute Gasteiger partial charge is 0.256 e. The van der Waals surface area contributed by atoms with E-state index in [0.717, 1.165) is 6.42 Å². The number of amides is 2. The van der Waals surface area contributed by atoms with Crippen LogP contribution in [-0.2, 0) is 0 Å². The third-order valence-corrected chi connectivity index (χ3v) is 5.38. The van der Waals surface area contributed by atoms with Crippen LogP contribution < -0.4 is 20.5 Å². The van der Waals surface area contributed by atoms with Gasteiger partial charge in [-0.05, 0) is 36.6 Å².